The van der Waals surface area contributed by atoms with Crippen LogP contribution in [0.1, 0.15) is 5.56 Å². The molecule has 0 saturated carbocycles. The van der Waals surface area contributed by atoms with E-state index in [-0.39, 0.29) is 12.3 Å². The Morgan fingerprint density at radius 3 is 2.70 bits per heavy atom. The van der Waals surface area contributed by atoms with Gasteiger partial charge < -0.3 is 14.8 Å². The summed E-state index contributed by atoms with van der Waals surface area (Å²) in [7, 11) is 1.26. The van der Waals surface area contributed by atoms with Crippen LogP contribution in [0.15, 0.2) is 54.2 Å². The Kier molecular flexibility index (Phi) is 5.42. The van der Waals surface area contributed by atoms with Gasteiger partial charge in [0.25, 0.3) is 5.91 Å². The number of benzene rings is 2. The molecule has 0 bridgehead atoms. The maximum absolute atomic E-state index is 12.7. The molecule has 0 spiro atoms. The molecule has 1 aliphatic rings. The van der Waals surface area contributed by atoms with Gasteiger partial charge in [0.1, 0.15) is 11.4 Å². The minimum absolute atomic E-state index is 0.0779. The third-order valence-electron chi connectivity index (χ3n) is 3.74. The number of methoxy groups -OCH3 is 1. The van der Waals surface area contributed by atoms with E-state index in [9.17, 15) is 14.4 Å². The number of halogens is 1. The number of urea groups is 1. The maximum atomic E-state index is 12.7. The second kappa shape index (κ2) is 7.92. The SMILES string of the molecule is COC(=O)COc1ccccc1C=C1NC(=O)N(c2cccc(Cl)c2)C1=O. The van der Waals surface area contributed by atoms with E-state index in [2.05, 4.69) is 10.1 Å². The van der Waals surface area contributed by atoms with Gasteiger partial charge in [0.2, 0.25) is 0 Å². The molecule has 0 aliphatic carbocycles. The first-order valence-electron chi connectivity index (χ1n) is 7.91. The Morgan fingerprint density at radius 1 is 1.19 bits per heavy atom. The van der Waals surface area contributed by atoms with Crippen molar-refractivity contribution in [2.24, 2.45) is 0 Å². The standard InChI is InChI=1S/C19H15ClN2O5/c1-26-17(23)11-27-16-8-3-2-5-12(16)9-15-18(24)22(19(25)21-15)14-7-4-6-13(20)10-14/h2-10H,11H2,1H3,(H,21,25). The van der Waals surface area contributed by atoms with Crippen molar-refractivity contribution >= 4 is 41.3 Å². The summed E-state index contributed by atoms with van der Waals surface area (Å²) in [4.78, 5) is 37.2. The van der Waals surface area contributed by atoms with Crippen LogP contribution in [0.25, 0.3) is 6.08 Å². The van der Waals surface area contributed by atoms with Gasteiger partial charge in [0, 0.05) is 10.6 Å². The predicted molar refractivity (Wildman–Crippen MR) is 99.4 cm³/mol. The van der Waals surface area contributed by atoms with E-state index in [1.54, 1.807) is 42.5 Å². The summed E-state index contributed by atoms with van der Waals surface area (Å²) >= 11 is 5.94. The summed E-state index contributed by atoms with van der Waals surface area (Å²) in [5.74, 6) is -0.682. The molecule has 0 unspecified atom stereocenters. The van der Waals surface area contributed by atoms with Crippen molar-refractivity contribution in [2.75, 3.05) is 18.6 Å². The normalized spacial score (nSPS) is 15.0. The largest absolute Gasteiger partial charge is 0.481 e. The zero-order chi connectivity index (χ0) is 19.4. The first-order chi connectivity index (χ1) is 13.0. The van der Waals surface area contributed by atoms with Crippen molar-refractivity contribution in [3.8, 4) is 5.75 Å². The molecule has 2 aromatic carbocycles. The Bertz CT molecular complexity index is 941. The summed E-state index contributed by atoms with van der Waals surface area (Å²) < 4.78 is 9.96. The lowest BCUT2D eigenvalue weighted by molar-refractivity contribution is -0.142. The van der Waals surface area contributed by atoms with E-state index in [1.165, 1.54) is 19.3 Å². The van der Waals surface area contributed by atoms with E-state index in [0.29, 0.717) is 22.0 Å². The average Bonchev–Trinajstić information content (AvgIpc) is 2.94. The molecule has 3 rings (SSSR count). The number of esters is 1. The first-order valence-corrected chi connectivity index (χ1v) is 8.28. The average molecular weight is 387 g/mol. The highest BCUT2D eigenvalue weighted by atomic mass is 35.5. The molecule has 3 amide bonds. The van der Waals surface area contributed by atoms with Crippen molar-refractivity contribution < 1.29 is 23.9 Å². The minimum Gasteiger partial charge on any atom is -0.481 e. The summed E-state index contributed by atoms with van der Waals surface area (Å²) in [6.07, 6.45) is 1.48. The number of rotatable bonds is 5. The molecule has 2 aromatic rings. The van der Waals surface area contributed by atoms with Crippen molar-refractivity contribution in [3.63, 3.8) is 0 Å². The van der Waals surface area contributed by atoms with E-state index >= 15 is 0 Å². The summed E-state index contributed by atoms with van der Waals surface area (Å²) in [6.45, 7) is -0.272. The third-order valence-corrected chi connectivity index (χ3v) is 3.97. The maximum Gasteiger partial charge on any atom is 0.343 e. The molecule has 1 aliphatic heterocycles. The zero-order valence-corrected chi connectivity index (χ0v) is 15.0. The molecular weight excluding hydrogens is 372 g/mol. The van der Waals surface area contributed by atoms with Gasteiger partial charge in [0.15, 0.2) is 6.61 Å². The molecule has 0 radical (unpaired) electrons. The number of amides is 3. The lowest BCUT2D eigenvalue weighted by atomic mass is 10.1. The number of nitrogens with zero attached hydrogens (tertiary/aromatic N) is 1. The Labute approximate surface area is 160 Å². The van der Waals surface area contributed by atoms with Gasteiger partial charge in [-0.05, 0) is 30.3 Å². The van der Waals surface area contributed by atoms with Crippen LogP contribution in [0.2, 0.25) is 5.02 Å². The minimum atomic E-state index is -0.582. The van der Waals surface area contributed by atoms with Crippen LogP contribution in [0, 0.1) is 0 Å². The molecule has 1 heterocycles. The second-order valence-corrected chi connectivity index (χ2v) is 5.95. The number of para-hydroxylation sites is 1. The molecule has 0 atom stereocenters. The molecule has 1 N–H and O–H groups in total. The van der Waals surface area contributed by atoms with Crippen molar-refractivity contribution in [1.29, 1.82) is 0 Å². The lowest BCUT2D eigenvalue weighted by Crippen LogP contribution is -2.30. The molecule has 1 saturated heterocycles. The molecule has 138 valence electrons. The number of imide groups is 1. The van der Waals surface area contributed by atoms with Gasteiger partial charge in [-0.25, -0.2) is 14.5 Å². The third kappa shape index (κ3) is 4.09. The Morgan fingerprint density at radius 2 is 1.96 bits per heavy atom. The highest BCUT2D eigenvalue weighted by Crippen LogP contribution is 2.27. The zero-order valence-electron chi connectivity index (χ0n) is 14.3. The van der Waals surface area contributed by atoms with Crippen LogP contribution in [-0.2, 0) is 14.3 Å². The van der Waals surface area contributed by atoms with Crippen molar-refractivity contribution in [3.05, 3.63) is 64.8 Å². The van der Waals surface area contributed by atoms with Crippen LogP contribution in [-0.4, -0.2) is 31.6 Å². The number of carbonyl (C=O) groups excluding carboxylic acids is 3. The van der Waals surface area contributed by atoms with Gasteiger partial charge in [0.05, 0.1) is 12.8 Å². The van der Waals surface area contributed by atoms with Gasteiger partial charge in [-0.3, -0.25) is 4.79 Å². The molecular formula is C19H15ClN2O5. The first kappa shape index (κ1) is 18.5. The summed E-state index contributed by atoms with van der Waals surface area (Å²) in [6, 6.07) is 12.7. The van der Waals surface area contributed by atoms with E-state index in [0.717, 1.165) is 4.90 Å². The number of ether oxygens (including phenoxy) is 2. The quantitative estimate of drug-likeness (QED) is 0.485. The Hall–Kier alpha value is -3.32. The van der Waals surface area contributed by atoms with E-state index in [1.807, 2.05) is 0 Å². The number of hydrogen-bond donors (Lipinski definition) is 1. The van der Waals surface area contributed by atoms with Crippen molar-refractivity contribution in [1.82, 2.24) is 5.32 Å². The van der Waals surface area contributed by atoms with Gasteiger partial charge in [-0.2, -0.15) is 0 Å². The van der Waals surface area contributed by atoms with Gasteiger partial charge >= 0.3 is 12.0 Å². The fraction of sp³-hybridized carbons (Fsp3) is 0.105. The lowest BCUT2D eigenvalue weighted by Gasteiger charge is -2.11. The van der Waals surface area contributed by atoms with E-state index < -0.39 is 17.9 Å². The fourth-order valence-corrected chi connectivity index (χ4v) is 2.65. The molecule has 1 fully saturated rings. The predicted octanol–water partition coefficient (Wildman–Crippen LogP) is 2.99. The smallest absolute Gasteiger partial charge is 0.343 e. The molecule has 27 heavy (non-hydrogen) atoms. The number of carbonyl (C=O) groups is 3. The van der Waals surface area contributed by atoms with Crippen LogP contribution >= 0.6 is 11.6 Å². The number of nitrogens with one attached hydrogen (secondary N) is 1. The second-order valence-electron chi connectivity index (χ2n) is 5.51. The molecule has 7 nitrogen and oxygen atoms in total. The summed E-state index contributed by atoms with van der Waals surface area (Å²) in [5, 5.41) is 2.94. The highest BCUT2D eigenvalue weighted by Gasteiger charge is 2.35. The Balaban J connectivity index is 1.87. The van der Waals surface area contributed by atoms with E-state index in [4.69, 9.17) is 16.3 Å². The number of anilines is 1. The van der Waals surface area contributed by atoms with Crippen LogP contribution in [0.5, 0.6) is 5.75 Å². The topological polar surface area (TPSA) is 84.9 Å². The number of hydrogen-bond acceptors (Lipinski definition) is 5. The highest BCUT2D eigenvalue weighted by molar-refractivity contribution is 6.32. The van der Waals surface area contributed by atoms with Crippen LogP contribution in [0.3, 0.4) is 0 Å². The van der Waals surface area contributed by atoms with Gasteiger partial charge in [-0.1, -0.05) is 35.9 Å². The monoisotopic (exact) mass is 386 g/mol. The summed E-state index contributed by atoms with van der Waals surface area (Å²) in [5.41, 5.74) is 0.968. The molecule has 0 aromatic heterocycles. The van der Waals surface area contributed by atoms with Crippen LogP contribution < -0.4 is 15.0 Å². The van der Waals surface area contributed by atoms with Gasteiger partial charge in [-0.15, -0.1) is 0 Å². The van der Waals surface area contributed by atoms with Crippen molar-refractivity contribution in [2.45, 2.75) is 0 Å². The molecule has 8 heteroatoms. The van der Waals surface area contributed by atoms with Crippen LogP contribution in [0.4, 0.5) is 10.5 Å². The fourth-order valence-electron chi connectivity index (χ4n) is 2.47.